The van der Waals surface area contributed by atoms with Crippen molar-refractivity contribution in [3.05, 3.63) is 16.4 Å². The van der Waals surface area contributed by atoms with Crippen LogP contribution in [0.1, 0.15) is 0 Å². The summed E-state index contributed by atoms with van der Waals surface area (Å²) in [4.78, 5) is 12.1. The summed E-state index contributed by atoms with van der Waals surface area (Å²) in [6, 6.07) is 1.43. The van der Waals surface area contributed by atoms with Crippen molar-refractivity contribution in [1.29, 1.82) is 0 Å². The number of hydrogen-bond acceptors (Lipinski definition) is 4. The van der Waals surface area contributed by atoms with Gasteiger partial charge in [0, 0.05) is 6.07 Å². The smallest absolute Gasteiger partial charge is 0.249 e. The van der Waals surface area contributed by atoms with Gasteiger partial charge in [-0.05, 0) is 0 Å². The first-order valence-corrected chi connectivity index (χ1v) is 3.47. The van der Waals surface area contributed by atoms with E-state index in [-0.39, 0.29) is 16.3 Å². The van der Waals surface area contributed by atoms with Gasteiger partial charge >= 0.3 is 0 Å². The van der Waals surface area contributed by atoms with E-state index in [2.05, 4.69) is 20.3 Å². The van der Waals surface area contributed by atoms with Gasteiger partial charge in [-0.15, -0.1) is 0 Å². The minimum absolute atomic E-state index is 0.241. The highest BCUT2D eigenvalue weighted by molar-refractivity contribution is 6.33. The maximum atomic E-state index is 5.55. The topological polar surface area (TPSA) is 47.0 Å². The quantitative estimate of drug-likeness (QED) is 0.575. The van der Waals surface area contributed by atoms with Gasteiger partial charge < -0.3 is 0 Å². The van der Waals surface area contributed by atoms with Crippen molar-refractivity contribution in [3.8, 4) is 0 Å². The van der Waals surface area contributed by atoms with E-state index in [9.17, 15) is 0 Å². The molecule has 0 amide bonds. The van der Waals surface area contributed by atoms with Crippen molar-refractivity contribution in [2.24, 2.45) is 0 Å². The molecule has 0 aliphatic rings. The summed E-state index contributed by atoms with van der Waals surface area (Å²) < 4.78 is 0. The van der Waals surface area contributed by atoms with E-state index in [0.717, 1.165) is 0 Å². The molecular weight excluding hydrogens is 189 g/mol. The lowest BCUT2D eigenvalue weighted by Gasteiger charge is -2.00. The first kappa shape index (κ1) is 8.52. The van der Waals surface area contributed by atoms with Crippen LogP contribution >= 0.6 is 23.2 Å². The largest absolute Gasteiger partial charge is 0.277 e. The van der Waals surface area contributed by atoms with Crippen LogP contribution in [0.2, 0.25) is 10.3 Å². The Morgan fingerprint density at radius 2 is 1.91 bits per heavy atom. The molecule has 1 heterocycles. The van der Waals surface area contributed by atoms with E-state index in [4.69, 9.17) is 23.2 Å². The zero-order valence-electron chi connectivity index (χ0n) is 5.64. The van der Waals surface area contributed by atoms with Crippen LogP contribution in [0.3, 0.4) is 0 Å². The highest BCUT2D eigenvalue weighted by Gasteiger charge is 1.99. The molecule has 11 heavy (non-hydrogen) atoms. The molecule has 0 saturated heterocycles. The summed E-state index contributed by atoms with van der Waals surface area (Å²) in [6.07, 6.45) is 0. The summed E-state index contributed by atoms with van der Waals surface area (Å²) in [5.41, 5.74) is 2.40. The van der Waals surface area contributed by atoms with Crippen molar-refractivity contribution < 1.29 is 4.84 Å². The number of halogens is 2. The molecule has 6 heteroatoms. The highest BCUT2D eigenvalue weighted by atomic mass is 35.5. The van der Waals surface area contributed by atoms with Crippen LogP contribution in [0.5, 0.6) is 0 Å². The maximum Gasteiger partial charge on any atom is 0.249 e. The standard InChI is InChI=1S/C5H5Cl2N3O/c1-11-10-5-8-3(6)2-4(7)9-5/h2H,1H3,(H,8,9,10). The Morgan fingerprint density at radius 3 is 2.36 bits per heavy atom. The Balaban J connectivity index is 2.89. The van der Waals surface area contributed by atoms with E-state index in [0.29, 0.717) is 0 Å². The van der Waals surface area contributed by atoms with Crippen LogP contribution < -0.4 is 5.48 Å². The van der Waals surface area contributed by atoms with Gasteiger partial charge in [0.25, 0.3) is 0 Å². The van der Waals surface area contributed by atoms with Crippen LogP contribution in [0.25, 0.3) is 0 Å². The predicted octanol–water partition coefficient (Wildman–Crippen LogP) is 1.76. The zero-order valence-corrected chi connectivity index (χ0v) is 7.15. The molecule has 0 aromatic carbocycles. The lowest BCUT2D eigenvalue weighted by molar-refractivity contribution is 0.267. The third-order valence-corrected chi connectivity index (χ3v) is 1.24. The van der Waals surface area contributed by atoms with Gasteiger partial charge in [-0.2, -0.15) is 9.97 Å². The number of hydrogen-bond donors (Lipinski definition) is 1. The number of nitrogens with one attached hydrogen (secondary N) is 1. The molecule has 4 nitrogen and oxygen atoms in total. The first-order chi connectivity index (χ1) is 5.22. The van der Waals surface area contributed by atoms with Gasteiger partial charge in [-0.1, -0.05) is 23.2 Å². The third-order valence-electron chi connectivity index (χ3n) is 0.857. The molecule has 0 atom stereocenters. The summed E-state index contributed by atoms with van der Waals surface area (Å²) >= 11 is 11.1. The van der Waals surface area contributed by atoms with E-state index >= 15 is 0 Å². The van der Waals surface area contributed by atoms with E-state index in [1.807, 2.05) is 0 Å². The first-order valence-electron chi connectivity index (χ1n) is 2.71. The van der Waals surface area contributed by atoms with E-state index in [1.54, 1.807) is 0 Å². The molecule has 1 aromatic heterocycles. The molecule has 60 valence electrons. The van der Waals surface area contributed by atoms with Crippen LogP contribution in [-0.4, -0.2) is 17.1 Å². The number of aromatic nitrogens is 2. The monoisotopic (exact) mass is 193 g/mol. The van der Waals surface area contributed by atoms with E-state index in [1.165, 1.54) is 13.2 Å². The SMILES string of the molecule is CONc1nc(Cl)cc(Cl)n1. The molecule has 0 aliphatic carbocycles. The average molecular weight is 194 g/mol. The Kier molecular flexibility index (Phi) is 2.87. The van der Waals surface area contributed by atoms with Crippen molar-refractivity contribution >= 4 is 29.2 Å². The van der Waals surface area contributed by atoms with Gasteiger partial charge in [0.2, 0.25) is 5.95 Å². The molecule has 1 N–H and O–H groups in total. The summed E-state index contributed by atoms with van der Waals surface area (Å²) in [5.74, 6) is 0.241. The van der Waals surface area contributed by atoms with Crippen molar-refractivity contribution in [2.75, 3.05) is 12.6 Å². The fourth-order valence-electron chi connectivity index (χ4n) is 0.527. The molecule has 1 rings (SSSR count). The van der Waals surface area contributed by atoms with E-state index < -0.39 is 0 Å². The molecule has 0 aliphatic heterocycles. The summed E-state index contributed by atoms with van der Waals surface area (Å²) in [5, 5.41) is 0.536. The normalized spacial score (nSPS) is 9.73. The third kappa shape index (κ3) is 2.49. The minimum Gasteiger partial charge on any atom is -0.277 e. The minimum atomic E-state index is 0.241. The van der Waals surface area contributed by atoms with Crippen LogP contribution in [0.4, 0.5) is 5.95 Å². The lowest BCUT2D eigenvalue weighted by atomic mass is 10.7. The van der Waals surface area contributed by atoms with Crippen molar-refractivity contribution in [3.63, 3.8) is 0 Å². The number of anilines is 1. The van der Waals surface area contributed by atoms with Crippen molar-refractivity contribution in [2.45, 2.75) is 0 Å². The second kappa shape index (κ2) is 3.71. The average Bonchev–Trinajstić information content (AvgIpc) is 1.85. The molecule has 0 saturated carbocycles. The fourth-order valence-corrected chi connectivity index (χ4v) is 0.950. The maximum absolute atomic E-state index is 5.55. The zero-order chi connectivity index (χ0) is 8.27. The number of nitrogens with zero attached hydrogens (tertiary/aromatic N) is 2. The second-order valence-electron chi connectivity index (χ2n) is 1.64. The summed E-state index contributed by atoms with van der Waals surface area (Å²) in [7, 11) is 1.44. The molecule has 0 bridgehead atoms. The fraction of sp³-hybridized carbons (Fsp3) is 0.200. The van der Waals surface area contributed by atoms with Gasteiger partial charge in [-0.3, -0.25) is 4.84 Å². The number of rotatable bonds is 2. The van der Waals surface area contributed by atoms with Crippen molar-refractivity contribution in [1.82, 2.24) is 9.97 Å². The van der Waals surface area contributed by atoms with Crippen LogP contribution in [0.15, 0.2) is 6.07 Å². The van der Waals surface area contributed by atoms with Gasteiger partial charge in [-0.25, -0.2) is 5.48 Å². The Bertz CT molecular complexity index is 235. The second-order valence-corrected chi connectivity index (χ2v) is 2.42. The van der Waals surface area contributed by atoms with Gasteiger partial charge in [0.05, 0.1) is 7.11 Å². The van der Waals surface area contributed by atoms with Crippen LogP contribution in [0, 0.1) is 0 Å². The molecule has 0 spiro atoms. The Morgan fingerprint density at radius 1 is 1.36 bits per heavy atom. The molecule has 1 aromatic rings. The van der Waals surface area contributed by atoms with Gasteiger partial charge in [0.1, 0.15) is 10.3 Å². The Labute approximate surface area is 73.5 Å². The molecule has 0 fully saturated rings. The van der Waals surface area contributed by atoms with Gasteiger partial charge in [0.15, 0.2) is 0 Å². The van der Waals surface area contributed by atoms with Crippen LogP contribution in [-0.2, 0) is 4.84 Å². The predicted molar refractivity (Wildman–Crippen MR) is 42.7 cm³/mol. The summed E-state index contributed by atoms with van der Waals surface area (Å²) in [6.45, 7) is 0. The highest BCUT2D eigenvalue weighted by Crippen LogP contribution is 2.13. The molecule has 0 radical (unpaired) electrons. The molecule has 0 unspecified atom stereocenters. The Hall–Kier alpha value is -0.580. The lowest BCUT2D eigenvalue weighted by Crippen LogP contribution is -2.00. The molecular formula is C5H5Cl2N3O.